The van der Waals surface area contributed by atoms with Crippen molar-refractivity contribution >= 4 is 11.2 Å². The minimum absolute atomic E-state index is 0.0279. The normalized spacial score (nSPS) is 14.4. The second kappa shape index (κ2) is 6.48. The largest absolute Gasteiger partial charge is 0.333 e. The van der Waals surface area contributed by atoms with Crippen LogP contribution in [0.5, 0.6) is 0 Å². The van der Waals surface area contributed by atoms with Gasteiger partial charge in [0.2, 0.25) is 0 Å². The van der Waals surface area contributed by atoms with Gasteiger partial charge < -0.3 is 10.3 Å². The van der Waals surface area contributed by atoms with Crippen LogP contribution in [0.1, 0.15) is 46.6 Å². The molecule has 0 fully saturated rings. The summed E-state index contributed by atoms with van der Waals surface area (Å²) in [5.74, 6) is 0. The third kappa shape index (κ3) is 2.61. The molecule has 7 heteroatoms. The molecule has 2 rings (SSSR count). The maximum atomic E-state index is 12.8. The van der Waals surface area contributed by atoms with Crippen LogP contribution in [0.3, 0.4) is 0 Å². The highest BCUT2D eigenvalue weighted by Gasteiger charge is 2.20. The van der Waals surface area contributed by atoms with Gasteiger partial charge in [0.1, 0.15) is 0 Å². The first-order valence-electron chi connectivity index (χ1n) is 7.91. The fourth-order valence-electron chi connectivity index (χ4n) is 2.55. The second-order valence-electron chi connectivity index (χ2n) is 5.70. The third-order valence-electron chi connectivity index (χ3n) is 4.25. The maximum absolute atomic E-state index is 12.8. The van der Waals surface area contributed by atoms with Crippen LogP contribution in [0.2, 0.25) is 0 Å². The van der Waals surface area contributed by atoms with Crippen molar-refractivity contribution in [1.29, 1.82) is 0 Å². The number of imidazole rings is 1. The Morgan fingerprint density at radius 3 is 2.45 bits per heavy atom. The van der Waals surface area contributed by atoms with Crippen molar-refractivity contribution in [3.63, 3.8) is 0 Å². The van der Waals surface area contributed by atoms with E-state index in [1.807, 2.05) is 27.7 Å². The standard InChI is InChI=1S/C15H25N5O2/c1-5-10(4)20-13-12(18(7-3)9-17-13)14(21)19(15(20)22)8-11(16)6-2/h9-11H,5-8,16H2,1-4H3. The van der Waals surface area contributed by atoms with E-state index in [2.05, 4.69) is 4.98 Å². The van der Waals surface area contributed by atoms with Gasteiger partial charge in [-0.1, -0.05) is 13.8 Å². The van der Waals surface area contributed by atoms with E-state index < -0.39 is 0 Å². The van der Waals surface area contributed by atoms with Crippen molar-refractivity contribution in [2.45, 2.75) is 65.7 Å². The topological polar surface area (TPSA) is 87.8 Å². The van der Waals surface area contributed by atoms with Gasteiger partial charge >= 0.3 is 5.69 Å². The number of hydrogen-bond acceptors (Lipinski definition) is 4. The molecule has 7 nitrogen and oxygen atoms in total. The molecule has 0 radical (unpaired) electrons. The smallest absolute Gasteiger partial charge is 0.326 e. The van der Waals surface area contributed by atoms with Gasteiger partial charge in [0.25, 0.3) is 5.56 Å². The zero-order valence-electron chi connectivity index (χ0n) is 13.7. The Kier molecular flexibility index (Phi) is 4.85. The van der Waals surface area contributed by atoms with Gasteiger partial charge in [-0.25, -0.2) is 9.78 Å². The molecule has 0 bridgehead atoms. The van der Waals surface area contributed by atoms with Crippen molar-refractivity contribution < 1.29 is 0 Å². The summed E-state index contributed by atoms with van der Waals surface area (Å²) in [6.07, 6.45) is 3.11. The molecule has 2 unspecified atom stereocenters. The highest BCUT2D eigenvalue weighted by Crippen LogP contribution is 2.14. The van der Waals surface area contributed by atoms with Crippen LogP contribution >= 0.6 is 0 Å². The molecule has 0 spiro atoms. The summed E-state index contributed by atoms with van der Waals surface area (Å²) in [6, 6.07) is -0.244. The molecule has 0 aliphatic rings. The maximum Gasteiger partial charge on any atom is 0.333 e. The number of fused-ring (bicyclic) bond motifs is 1. The van der Waals surface area contributed by atoms with Crippen LogP contribution in [0.15, 0.2) is 15.9 Å². The van der Waals surface area contributed by atoms with Gasteiger partial charge in [0, 0.05) is 25.2 Å². The first-order chi connectivity index (χ1) is 10.5. The SMILES string of the molecule is CCC(N)Cn1c(=O)c2c(ncn2CC)n(C(C)CC)c1=O. The van der Waals surface area contributed by atoms with Gasteiger partial charge in [0.15, 0.2) is 11.2 Å². The lowest BCUT2D eigenvalue weighted by molar-refractivity contribution is 0.454. The van der Waals surface area contributed by atoms with E-state index in [0.29, 0.717) is 24.1 Å². The zero-order chi connectivity index (χ0) is 16.4. The van der Waals surface area contributed by atoms with Crippen molar-refractivity contribution in [3.8, 4) is 0 Å². The highest BCUT2D eigenvalue weighted by molar-refractivity contribution is 5.70. The lowest BCUT2D eigenvalue weighted by atomic mass is 10.2. The average Bonchev–Trinajstić information content (AvgIpc) is 2.94. The number of aromatic nitrogens is 4. The molecule has 0 aliphatic heterocycles. The van der Waals surface area contributed by atoms with Crippen molar-refractivity contribution in [2.75, 3.05) is 0 Å². The molecule has 2 atom stereocenters. The minimum atomic E-state index is -0.322. The zero-order valence-corrected chi connectivity index (χ0v) is 13.7. The summed E-state index contributed by atoms with van der Waals surface area (Å²) >= 11 is 0. The monoisotopic (exact) mass is 307 g/mol. The van der Waals surface area contributed by atoms with Crippen LogP contribution < -0.4 is 17.0 Å². The molecule has 0 saturated carbocycles. The van der Waals surface area contributed by atoms with Crippen LogP contribution in [0.4, 0.5) is 0 Å². The number of rotatable bonds is 6. The van der Waals surface area contributed by atoms with E-state index in [4.69, 9.17) is 5.73 Å². The number of nitrogens with two attached hydrogens (primary N) is 1. The quantitative estimate of drug-likeness (QED) is 0.865. The molecule has 2 aromatic heterocycles. The lowest BCUT2D eigenvalue weighted by Crippen LogP contribution is -2.45. The van der Waals surface area contributed by atoms with Gasteiger partial charge in [-0.2, -0.15) is 0 Å². The Morgan fingerprint density at radius 1 is 1.23 bits per heavy atom. The van der Waals surface area contributed by atoms with E-state index in [1.165, 1.54) is 4.57 Å². The number of nitrogens with zero attached hydrogens (tertiary/aromatic N) is 4. The van der Waals surface area contributed by atoms with E-state index in [-0.39, 0.29) is 29.9 Å². The van der Waals surface area contributed by atoms with Gasteiger partial charge in [0.05, 0.1) is 6.33 Å². The second-order valence-corrected chi connectivity index (χ2v) is 5.70. The summed E-state index contributed by atoms with van der Waals surface area (Å²) < 4.78 is 4.66. The minimum Gasteiger partial charge on any atom is -0.326 e. The molecule has 0 aromatic carbocycles. The fourth-order valence-corrected chi connectivity index (χ4v) is 2.55. The van der Waals surface area contributed by atoms with E-state index in [0.717, 1.165) is 6.42 Å². The molecular weight excluding hydrogens is 282 g/mol. The molecule has 22 heavy (non-hydrogen) atoms. The lowest BCUT2D eigenvalue weighted by Gasteiger charge is -2.18. The van der Waals surface area contributed by atoms with Crippen LogP contribution in [0.25, 0.3) is 11.2 Å². The molecule has 0 amide bonds. The summed E-state index contributed by atoms with van der Waals surface area (Å²) in [6.45, 7) is 8.71. The van der Waals surface area contributed by atoms with Gasteiger partial charge in [-0.15, -0.1) is 0 Å². The molecule has 0 saturated heterocycles. The Balaban J connectivity index is 2.84. The predicted octanol–water partition coefficient (Wildman–Crippen LogP) is 1.09. The van der Waals surface area contributed by atoms with Gasteiger partial charge in [-0.3, -0.25) is 13.9 Å². The Bertz CT molecular complexity index is 771. The van der Waals surface area contributed by atoms with Crippen molar-refractivity contribution in [3.05, 3.63) is 27.2 Å². The van der Waals surface area contributed by atoms with E-state index in [9.17, 15) is 9.59 Å². The Morgan fingerprint density at radius 2 is 1.91 bits per heavy atom. The summed E-state index contributed by atoms with van der Waals surface area (Å²) in [5, 5.41) is 0. The molecule has 122 valence electrons. The summed E-state index contributed by atoms with van der Waals surface area (Å²) in [4.78, 5) is 29.8. The average molecular weight is 307 g/mol. The number of hydrogen-bond donors (Lipinski definition) is 1. The van der Waals surface area contributed by atoms with Crippen molar-refractivity contribution in [2.24, 2.45) is 5.73 Å². The molecule has 0 aliphatic carbocycles. The van der Waals surface area contributed by atoms with Crippen LogP contribution in [-0.4, -0.2) is 24.7 Å². The van der Waals surface area contributed by atoms with E-state index >= 15 is 0 Å². The Labute approximate surface area is 129 Å². The fraction of sp³-hybridized carbons (Fsp3) is 0.667. The molecule has 2 N–H and O–H groups in total. The molecular formula is C15H25N5O2. The van der Waals surface area contributed by atoms with Crippen molar-refractivity contribution in [1.82, 2.24) is 18.7 Å². The first kappa shape index (κ1) is 16.5. The molecule has 2 heterocycles. The summed E-state index contributed by atoms with van der Waals surface area (Å²) in [5.41, 5.74) is 6.28. The molecule has 2 aromatic rings. The number of aryl methyl sites for hydroxylation is 1. The van der Waals surface area contributed by atoms with E-state index in [1.54, 1.807) is 15.5 Å². The van der Waals surface area contributed by atoms with Gasteiger partial charge in [-0.05, 0) is 26.7 Å². The first-order valence-corrected chi connectivity index (χ1v) is 7.91. The third-order valence-corrected chi connectivity index (χ3v) is 4.25. The van der Waals surface area contributed by atoms with Crippen LogP contribution in [0, 0.1) is 0 Å². The van der Waals surface area contributed by atoms with Crippen LogP contribution in [-0.2, 0) is 13.1 Å². The predicted molar refractivity (Wildman–Crippen MR) is 87.2 cm³/mol. The Hall–Kier alpha value is -1.89. The highest BCUT2D eigenvalue weighted by atomic mass is 16.2. The summed E-state index contributed by atoms with van der Waals surface area (Å²) in [7, 11) is 0.